The number of benzene rings is 1. The van der Waals surface area contributed by atoms with E-state index < -0.39 is 10.0 Å². The van der Waals surface area contributed by atoms with Crippen molar-refractivity contribution in [3.8, 4) is 0 Å². The third-order valence-electron chi connectivity index (χ3n) is 7.14. The molecule has 0 bridgehead atoms. The Labute approximate surface area is 222 Å². The second kappa shape index (κ2) is 10.1. The van der Waals surface area contributed by atoms with Gasteiger partial charge in [-0.05, 0) is 57.9 Å². The van der Waals surface area contributed by atoms with Crippen molar-refractivity contribution in [2.45, 2.75) is 44.7 Å². The van der Waals surface area contributed by atoms with E-state index in [-0.39, 0.29) is 23.2 Å². The number of amides is 1. The van der Waals surface area contributed by atoms with Gasteiger partial charge in [-0.3, -0.25) is 9.52 Å². The highest BCUT2D eigenvalue weighted by atomic mass is 35.5. The Balaban J connectivity index is 1.48. The number of rotatable bonds is 6. The molecule has 198 valence electrons. The zero-order chi connectivity index (χ0) is 26.3. The lowest BCUT2D eigenvalue weighted by atomic mass is 9.98. The van der Waals surface area contributed by atoms with Crippen molar-refractivity contribution in [2.75, 3.05) is 42.6 Å². The number of hydrogen-bond donors (Lipinski definition) is 2. The predicted molar refractivity (Wildman–Crippen MR) is 145 cm³/mol. The molecule has 4 heterocycles. The number of carbonyl (C=O) groups is 1. The highest BCUT2D eigenvalue weighted by Crippen LogP contribution is 2.34. The Morgan fingerprint density at radius 1 is 1.14 bits per heavy atom. The molecule has 0 radical (unpaired) electrons. The topological polar surface area (TPSA) is 112 Å². The van der Waals surface area contributed by atoms with Crippen LogP contribution >= 0.6 is 11.6 Å². The number of nitrogens with zero attached hydrogens (tertiary/aromatic N) is 5. The molecule has 2 aliphatic rings. The SMILES string of the molecule is CN[C@@H]1CCN(c2cc(C)n3nc([C@@H]4CCCCN4C(=O)c4cc(Cl)ccc4NS(C)(=O)=O)cc3n2)C1. The normalized spacial score (nSPS) is 20.5. The zero-order valence-corrected chi connectivity index (χ0v) is 22.8. The first-order valence-electron chi connectivity index (χ1n) is 12.5. The first kappa shape index (κ1) is 25.7. The van der Waals surface area contributed by atoms with Gasteiger partial charge in [-0.2, -0.15) is 5.10 Å². The first-order chi connectivity index (χ1) is 17.6. The number of likely N-dealkylation sites (tertiary alicyclic amines) is 1. The molecule has 0 saturated carbocycles. The maximum atomic E-state index is 13.8. The molecule has 0 spiro atoms. The number of fused-ring (bicyclic) bond motifs is 1. The number of aryl methyl sites for hydroxylation is 1. The molecule has 1 amide bonds. The van der Waals surface area contributed by atoms with Gasteiger partial charge in [-0.1, -0.05) is 11.6 Å². The van der Waals surface area contributed by atoms with E-state index in [2.05, 4.69) is 21.0 Å². The molecule has 2 aromatic heterocycles. The summed E-state index contributed by atoms with van der Waals surface area (Å²) in [5.74, 6) is 0.650. The molecular formula is C25H32ClN7O3S. The fourth-order valence-electron chi connectivity index (χ4n) is 5.27. The fourth-order valence-corrected chi connectivity index (χ4v) is 6.02. The van der Waals surface area contributed by atoms with Crippen LogP contribution in [0.15, 0.2) is 30.3 Å². The monoisotopic (exact) mass is 545 g/mol. The van der Waals surface area contributed by atoms with Gasteiger partial charge in [0.15, 0.2) is 5.65 Å². The van der Waals surface area contributed by atoms with Gasteiger partial charge in [0, 0.05) is 48.5 Å². The van der Waals surface area contributed by atoms with Crippen molar-refractivity contribution >= 4 is 44.7 Å². The van der Waals surface area contributed by atoms with E-state index in [0.717, 1.165) is 67.9 Å². The van der Waals surface area contributed by atoms with Crippen molar-refractivity contribution < 1.29 is 13.2 Å². The summed E-state index contributed by atoms with van der Waals surface area (Å²) in [6.45, 7) is 4.41. The lowest BCUT2D eigenvalue weighted by Gasteiger charge is -2.35. The Hall–Kier alpha value is -2.89. The molecule has 12 heteroatoms. The van der Waals surface area contributed by atoms with Crippen molar-refractivity contribution in [3.63, 3.8) is 0 Å². The molecule has 5 rings (SSSR count). The Morgan fingerprint density at radius 2 is 1.95 bits per heavy atom. The first-order valence-corrected chi connectivity index (χ1v) is 14.8. The average Bonchev–Trinajstić information content (AvgIpc) is 3.51. The van der Waals surface area contributed by atoms with Crippen molar-refractivity contribution in [1.82, 2.24) is 24.8 Å². The van der Waals surface area contributed by atoms with E-state index in [9.17, 15) is 13.2 Å². The van der Waals surface area contributed by atoms with Gasteiger partial charge in [0.25, 0.3) is 5.91 Å². The number of sulfonamides is 1. The van der Waals surface area contributed by atoms with Gasteiger partial charge in [-0.25, -0.2) is 17.9 Å². The van der Waals surface area contributed by atoms with Crippen LogP contribution in [0, 0.1) is 6.92 Å². The van der Waals surface area contributed by atoms with Gasteiger partial charge in [0.2, 0.25) is 10.0 Å². The molecular weight excluding hydrogens is 514 g/mol. The number of carbonyl (C=O) groups excluding carboxylic acids is 1. The molecule has 2 N–H and O–H groups in total. The summed E-state index contributed by atoms with van der Waals surface area (Å²) in [5, 5.41) is 8.55. The van der Waals surface area contributed by atoms with Gasteiger partial charge in [0.05, 0.1) is 29.2 Å². The molecule has 2 fully saturated rings. The van der Waals surface area contributed by atoms with Crippen LogP contribution in [-0.2, 0) is 10.0 Å². The number of aromatic nitrogens is 3. The quantitative estimate of drug-likeness (QED) is 0.489. The van der Waals surface area contributed by atoms with Gasteiger partial charge in [-0.15, -0.1) is 0 Å². The number of halogens is 1. The molecule has 10 nitrogen and oxygen atoms in total. The second-order valence-electron chi connectivity index (χ2n) is 9.89. The van der Waals surface area contributed by atoms with E-state index >= 15 is 0 Å². The van der Waals surface area contributed by atoms with Crippen LogP contribution in [0.1, 0.15) is 53.5 Å². The molecule has 0 unspecified atom stereocenters. The van der Waals surface area contributed by atoms with Crippen LogP contribution in [0.5, 0.6) is 0 Å². The lowest BCUT2D eigenvalue weighted by Crippen LogP contribution is -2.39. The van der Waals surface area contributed by atoms with Crippen LogP contribution in [0.3, 0.4) is 0 Å². The number of hydrogen-bond acceptors (Lipinski definition) is 7. The van der Waals surface area contributed by atoms with E-state index in [1.807, 2.05) is 24.6 Å². The number of piperidine rings is 1. The molecule has 2 saturated heterocycles. The van der Waals surface area contributed by atoms with Crippen molar-refractivity contribution in [1.29, 1.82) is 0 Å². The van der Waals surface area contributed by atoms with Crippen molar-refractivity contribution in [2.24, 2.45) is 0 Å². The van der Waals surface area contributed by atoms with E-state index in [4.69, 9.17) is 21.7 Å². The summed E-state index contributed by atoms with van der Waals surface area (Å²) < 4.78 is 28.1. The maximum Gasteiger partial charge on any atom is 0.256 e. The summed E-state index contributed by atoms with van der Waals surface area (Å²) in [6.07, 6.45) is 4.71. The minimum atomic E-state index is -3.58. The minimum absolute atomic E-state index is 0.212. The Bertz CT molecular complexity index is 1440. The third kappa shape index (κ3) is 5.39. The Kier molecular flexibility index (Phi) is 7.03. The number of nitrogens with one attached hydrogen (secondary N) is 2. The molecule has 2 atom stereocenters. The Morgan fingerprint density at radius 3 is 2.68 bits per heavy atom. The van der Waals surface area contributed by atoms with E-state index in [0.29, 0.717) is 17.6 Å². The van der Waals surface area contributed by atoms with Crippen LogP contribution in [0.2, 0.25) is 5.02 Å². The van der Waals surface area contributed by atoms with Crippen LogP contribution < -0.4 is 14.9 Å². The minimum Gasteiger partial charge on any atom is -0.355 e. The molecule has 1 aromatic carbocycles. The molecule has 2 aliphatic heterocycles. The third-order valence-corrected chi connectivity index (χ3v) is 7.97. The van der Waals surface area contributed by atoms with Gasteiger partial charge in [0.1, 0.15) is 5.82 Å². The van der Waals surface area contributed by atoms with Gasteiger partial charge >= 0.3 is 0 Å². The standard InChI is InChI=1S/C25H32ClN7O3S/c1-16-12-23(31-11-9-18(15-31)27-2)28-24-14-21(29-33(16)24)22-6-4-5-10-32(22)25(34)19-13-17(26)7-8-20(19)30-37(3,35)36/h7-8,12-14,18,22,27,30H,4-6,9-11,15H2,1-3H3/t18-,22+/m1/s1. The van der Waals surface area contributed by atoms with E-state index in [1.54, 1.807) is 11.0 Å². The summed E-state index contributed by atoms with van der Waals surface area (Å²) in [4.78, 5) is 22.7. The average molecular weight is 546 g/mol. The fraction of sp³-hybridized carbons (Fsp3) is 0.480. The van der Waals surface area contributed by atoms with Crippen molar-refractivity contribution in [3.05, 3.63) is 52.3 Å². The van der Waals surface area contributed by atoms with Gasteiger partial charge < -0.3 is 15.1 Å². The molecule has 37 heavy (non-hydrogen) atoms. The van der Waals surface area contributed by atoms with Crippen LogP contribution in [-0.4, -0.2) is 72.8 Å². The number of likely N-dealkylation sites (N-methyl/N-ethyl adjacent to an activating group) is 1. The summed E-state index contributed by atoms with van der Waals surface area (Å²) >= 11 is 6.20. The summed E-state index contributed by atoms with van der Waals surface area (Å²) in [5.41, 5.74) is 2.93. The highest BCUT2D eigenvalue weighted by Gasteiger charge is 2.32. The molecule has 3 aromatic rings. The highest BCUT2D eigenvalue weighted by molar-refractivity contribution is 7.92. The maximum absolute atomic E-state index is 13.8. The smallest absolute Gasteiger partial charge is 0.256 e. The summed E-state index contributed by atoms with van der Waals surface area (Å²) in [6, 6.07) is 8.82. The largest absolute Gasteiger partial charge is 0.355 e. The second-order valence-corrected chi connectivity index (χ2v) is 12.1. The van der Waals surface area contributed by atoms with Crippen LogP contribution in [0.4, 0.5) is 11.5 Å². The molecule has 0 aliphatic carbocycles. The lowest BCUT2D eigenvalue weighted by molar-refractivity contribution is 0.0607. The number of anilines is 2. The predicted octanol–water partition coefficient (Wildman–Crippen LogP) is 3.23. The zero-order valence-electron chi connectivity index (χ0n) is 21.2. The summed E-state index contributed by atoms with van der Waals surface area (Å²) in [7, 11) is -1.59. The van der Waals surface area contributed by atoms with E-state index in [1.165, 1.54) is 12.1 Å². The van der Waals surface area contributed by atoms with Crippen LogP contribution in [0.25, 0.3) is 5.65 Å².